The fraction of sp³-hybridized carbons (Fsp3) is 0.333. The predicted molar refractivity (Wildman–Crippen MR) is 82.4 cm³/mol. The van der Waals surface area contributed by atoms with Crippen molar-refractivity contribution in [3.63, 3.8) is 0 Å². The summed E-state index contributed by atoms with van der Waals surface area (Å²) in [6.07, 6.45) is 0.912. The molecule has 1 aromatic carbocycles. The molecule has 0 fully saturated rings. The Kier molecular flexibility index (Phi) is 4.00. The number of carbonyl (C=O) groups excluding carboxylic acids is 2. The molecule has 0 spiro atoms. The van der Waals surface area contributed by atoms with E-state index < -0.39 is 0 Å². The van der Waals surface area contributed by atoms with E-state index in [1.165, 1.54) is 11.3 Å². The summed E-state index contributed by atoms with van der Waals surface area (Å²) in [7, 11) is 1.59. The number of ketones is 1. The molecule has 114 valence electrons. The third-order valence-corrected chi connectivity index (χ3v) is 4.69. The lowest BCUT2D eigenvalue weighted by Gasteiger charge is -2.06. The van der Waals surface area contributed by atoms with Crippen molar-refractivity contribution in [2.45, 2.75) is 25.9 Å². The van der Waals surface area contributed by atoms with Crippen molar-refractivity contribution in [1.82, 2.24) is 10.2 Å². The van der Waals surface area contributed by atoms with E-state index in [-0.39, 0.29) is 17.8 Å². The van der Waals surface area contributed by atoms with Crippen molar-refractivity contribution in [2.75, 3.05) is 12.4 Å². The van der Waals surface area contributed by atoms with Crippen LogP contribution in [0.3, 0.4) is 0 Å². The number of ether oxygens (including phenoxy) is 1. The highest BCUT2D eigenvalue weighted by atomic mass is 32.1. The first kappa shape index (κ1) is 14.8. The molecule has 0 saturated carbocycles. The second-order valence-corrected chi connectivity index (χ2v) is 6.04. The lowest BCUT2D eigenvalue weighted by molar-refractivity contribution is 0.0993. The SMILES string of the molecule is COC(C)c1nnc(NC(=O)c2cccc3c2CCC3=O)s1. The van der Waals surface area contributed by atoms with Crippen LogP contribution in [-0.4, -0.2) is 29.0 Å². The summed E-state index contributed by atoms with van der Waals surface area (Å²) in [4.78, 5) is 24.2. The van der Waals surface area contributed by atoms with Crippen LogP contribution in [0.1, 0.15) is 50.7 Å². The fourth-order valence-corrected chi connectivity index (χ4v) is 3.19. The number of aromatic nitrogens is 2. The molecular formula is C15H15N3O3S. The molecule has 0 saturated heterocycles. The van der Waals surface area contributed by atoms with E-state index in [9.17, 15) is 9.59 Å². The van der Waals surface area contributed by atoms with Crippen LogP contribution in [0.4, 0.5) is 5.13 Å². The molecule has 7 heteroatoms. The largest absolute Gasteiger partial charge is 0.374 e. The first-order chi connectivity index (χ1) is 10.6. The van der Waals surface area contributed by atoms with Crippen molar-refractivity contribution in [1.29, 1.82) is 0 Å². The molecule has 3 rings (SSSR count). The topological polar surface area (TPSA) is 81.2 Å². The molecule has 22 heavy (non-hydrogen) atoms. The van der Waals surface area contributed by atoms with E-state index in [1.54, 1.807) is 25.3 Å². The van der Waals surface area contributed by atoms with E-state index in [2.05, 4.69) is 15.5 Å². The minimum atomic E-state index is -0.265. The summed E-state index contributed by atoms with van der Waals surface area (Å²) in [5.74, 6) is -0.170. The Morgan fingerprint density at radius 3 is 2.95 bits per heavy atom. The lowest BCUT2D eigenvalue weighted by Crippen LogP contribution is -2.14. The number of amides is 1. The van der Waals surface area contributed by atoms with Crippen LogP contribution in [0.2, 0.25) is 0 Å². The van der Waals surface area contributed by atoms with Crippen molar-refractivity contribution in [2.24, 2.45) is 0 Å². The van der Waals surface area contributed by atoms with Gasteiger partial charge in [0, 0.05) is 24.7 Å². The Hall–Kier alpha value is -2.12. The number of rotatable bonds is 4. The quantitative estimate of drug-likeness (QED) is 0.937. The Balaban J connectivity index is 1.81. The summed E-state index contributed by atoms with van der Waals surface area (Å²) >= 11 is 1.28. The molecule has 0 bridgehead atoms. The zero-order chi connectivity index (χ0) is 15.7. The summed E-state index contributed by atoms with van der Waals surface area (Å²) < 4.78 is 5.17. The fourth-order valence-electron chi connectivity index (χ4n) is 2.42. The van der Waals surface area contributed by atoms with Gasteiger partial charge >= 0.3 is 0 Å². The lowest BCUT2D eigenvalue weighted by atomic mass is 10.0. The molecule has 1 N–H and O–H groups in total. The molecule has 0 aliphatic heterocycles. The minimum absolute atomic E-state index is 0.0942. The number of Topliss-reactive ketones (excluding diaryl/α,β-unsaturated/α-hetero) is 1. The van der Waals surface area contributed by atoms with Crippen LogP contribution in [0.15, 0.2) is 18.2 Å². The number of hydrogen-bond donors (Lipinski definition) is 1. The van der Waals surface area contributed by atoms with Gasteiger partial charge in [0.1, 0.15) is 11.1 Å². The van der Waals surface area contributed by atoms with Gasteiger partial charge in [-0.15, -0.1) is 10.2 Å². The highest BCUT2D eigenvalue weighted by molar-refractivity contribution is 7.15. The normalized spacial score (nSPS) is 14.7. The van der Waals surface area contributed by atoms with Crippen molar-refractivity contribution < 1.29 is 14.3 Å². The smallest absolute Gasteiger partial charge is 0.257 e. The molecule has 1 aliphatic carbocycles. The second kappa shape index (κ2) is 5.94. The molecule has 6 nitrogen and oxygen atoms in total. The second-order valence-electron chi connectivity index (χ2n) is 5.03. The molecule has 1 aliphatic rings. The van der Waals surface area contributed by atoms with Gasteiger partial charge in [-0.1, -0.05) is 23.5 Å². The molecule has 2 aromatic rings. The van der Waals surface area contributed by atoms with Crippen LogP contribution in [-0.2, 0) is 11.2 Å². The molecule has 0 radical (unpaired) electrons. The maximum Gasteiger partial charge on any atom is 0.257 e. The zero-order valence-electron chi connectivity index (χ0n) is 12.3. The van der Waals surface area contributed by atoms with Gasteiger partial charge in [-0.25, -0.2) is 0 Å². The highest BCUT2D eigenvalue weighted by Gasteiger charge is 2.25. The first-order valence-electron chi connectivity index (χ1n) is 6.92. The number of fused-ring (bicyclic) bond motifs is 1. The van der Waals surface area contributed by atoms with Gasteiger partial charge in [0.05, 0.1) is 0 Å². The van der Waals surface area contributed by atoms with Crippen LogP contribution < -0.4 is 5.32 Å². The third kappa shape index (κ3) is 2.65. The number of benzene rings is 1. The summed E-state index contributed by atoms with van der Waals surface area (Å²) in [6, 6.07) is 5.23. The standard InChI is InChI=1S/C15H15N3O3S/c1-8(21-2)14-17-18-15(22-14)16-13(20)11-5-3-4-10-9(11)6-7-12(10)19/h3-5,8H,6-7H2,1-2H3,(H,16,18,20). The van der Waals surface area contributed by atoms with Crippen molar-refractivity contribution in [3.05, 3.63) is 39.9 Å². The summed E-state index contributed by atoms with van der Waals surface area (Å²) in [5.41, 5.74) is 2.00. The van der Waals surface area contributed by atoms with Gasteiger partial charge in [0.2, 0.25) is 5.13 Å². The van der Waals surface area contributed by atoms with Crippen LogP contribution in [0.25, 0.3) is 0 Å². The van der Waals surface area contributed by atoms with E-state index in [1.807, 2.05) is 6.92 Å². The van der Waals surface area contributed by atoms with Gasteiger partial charge in [0.15, 0.2) is 5.78 Å². The third-order valence-electron chi connectivity index (χ3n) is 3.69. The van der Waals surface area contributed by atoms with Gasteiger partial charge in [-0.3, -0.25) is 14.9 Å². The molecule has 1 heterocycles. The van der Waals surface area contributed by atoms with Gasteiger partial charge in [0.25, 0.3) is 5.91 Å². The first-order valence-corrected chi connectivity index (χ1v) is 7.74. The van der Waals surface area contributed by atoms with Crippen molar-refractivity contribution >= 4 is 28.2 Å². The molecule has 1 atom stereocenters. The average Bonchev–Trinajstić information content (AvgIpc) is 3.14. The van der Waals surface area contributed by atoms with Gasteiger partial charge in [-0.05, 0) is 25.0 Å². The van der Waals surface area contributed by atoms with E-state index in [4.69, 9.17) is 4.74 Å². The van der Waals surface area contributed by atoms with Crippen molar-refractivity contribution in [3.8, 4) is 0 Å². The highest BCUT2D eigenvalue weighted by Crippen LogP contribution is 2.27. The van der Waals surface area contributed by atoms with E-state index >= 15 is 0 Å². The Morgan fingerprint density at radius 2 is 2.18 bits per heavy atom. The number of methoxy groups -OCH3 is 1. The maximum absolute atomic E-state index is 12.4. The summed E-state index contributed by atoms with van der Waals surface area (Å²) in [5, 5.41) is 11.8. The number of carbonyl (C=O) groups is 2. The van der Waals surface area contributed by atoms with Gasteiger partial charge < -0.3 is 4.74 Å². The predicted octanol–water partition coefficient (Wildman–Crippen LogP) is 2.63. The minimum Gasteiger partial charge on any atom is -0.374 e. The van der Waals surface area contributed by atoms with Crippen LogP contribution >= 0.6 is 11.3 Å². The maximum atomic E-state index is 12.4. The Bertz CT molecular complexity index is 741. The Labute approximate surface area is 131 Å². The molecule has 1 unspecified atom stereocenters. The number of anilines is 1. The molecular weight excluding hydrogens is 302 g/mol. The van der Waals surface area contributed by atoms with E-state index in [0.717, 1.165) is 5.56 Å². The average molecular weight is 317 g/mol. The monoisotopic (exact) mass is 317 g/mol. The number of nitrogens with one attached hydrogen (secondary N) is 1. The van der Waals surface area contributed by atoms with Crippen LogP contribution in [0.5, 0.6) is 0 Å². The van der Waals surface area contributed by atoms with E-state index in [0.29, 0.717) is 34.1 Å². The molecule has 1 amide bonds. The summed E-state index contributed by atoms with van der Waals surface area (Å²) in [6.45, 7) is 1.86. The molecule has 1 aromatic heterocycles. The van der Waals surface area contributed by atoms with Gasteiger partial charge in [-0.2, -0.15) is 0 Å². The number of hydrogen-bond acceptors (Lipinski definition) is 6. The Morgan fingerprint density at radius 1 is 1.36 bits per heavy atom. The van der Waals surface area contributed by atoms with Crippen LogP contribution in [0, 0.1) is 0 Å². The zero-order valence-corrected chi connectivity index (χ0v) is 13.1. The number of nitrogens with zero attached hydrogens (tertiary/aromatic N) is 2.